The maximum absolute atomic E-state index is 14.2. The van der Waals surface area contributed by atoms with Gasteiger partial charge in [-0.2, -0.15) is 5.01 Å². The molecule has 0 N–H and O–H groups in total. The van der Waals surface area contributed by atoms with E-state index in [1.165, 1.54) is 5.56 Å². The fourth-order valence-corrected chi connectivity index (χ4v) is 5.06. The molecule has 2 aromatic carbocycles. The third-order valence-electron chi connectivity index (χ3n) is 6.22. The molecular formula is C23H23FN2O. The molecular weight excluding hydrogens is 339 g/mol. The molecule has 0 bridgehead atoms. The van der Waals surface area contributed by atoms with E-state index < -0.39 is 0 Å². The number of aryl methyl sites for hydroxylation is 1. The summed E-state index contributed by atoms with van der Waals surface area (Å²) < 4.78 is 14.2. The lowest BCUT2D eigenvalue weighted by atomic mass is 9.92. The Kier molecular flexibility index (Phi) is 3.41. The highest BCUT2D eigenvalue weighted by Gasteiger charge is 2.59. The molecule has 3 nitrogen and oxygen atoms in total. The number of hydrogen-bond acceptors (Lipinski definition) is 2. The molecule has 0 aromatic heterocycles. The van der Waals surface area contributed by atoms with Crippen molar-refractivity contribution in [1.29, 1.82) is 0 Å². The Morgan fingerprint density at radius 1 is 1.19 bits per heavy atom. The van der Waals surface area contributed by atoms with Gasteiger partial charge in [0, 0.05) is 23.6 Å². The molecule has 2 heterocycles. The van der Waals surface area contributed by atoms with Crippen LogP contribution in [0.4, 0.5) is 4.39 Å². The van der Waals surface area contributed by atoms with Crippen molar-refractivity contribution in [1.82, 2.24) is 10.0 Å². The summed E-state index contributed by atoms with van der Waals surface area (Å²) in [6, 6.07) is 13.9. The molecule has 1 aliphatic carbocycles. The van der Waals surface area contributed by atoms with Crippen LogP contribution in [0.1, 0.15) is 48.6 Å². The van der Waals surface area contributed by atoms with Crippen molar-refractivity contribution in [3.63, 3.8) is 0 Å². The number of hydrogen-bond donors (Lipinski definition) is 0. The zero-order valence-electron chi connectivity index (χ0n) is 15.9. The number of benzene rings is 2. The number of carbonyl (C=O) groups excluding carboxylic acids is 1. The van der Waals surface area contributed by atoms with Gasteiger partial charge in [-0.15, -0.1) is 0 Å². The molecule has 4 heteroatoms. The largest absolute Gasteiger partial charge is 0.273 e. The second kappa shape index (κ2) is 5.52. The van der Waals surface area contributed by atoms with Crippen LogP contribution in [-0.4, -0.2) is 21.5 Å². The van der Waals surface area contributed by atoms with E-state index >= 15 is 0 Å². The Morgan fingerprint density at radius 2 is 1.93 bits per heavy atom. The number of rotatable bonds is 1. The van der Waals surface area contributed by atoms with Gasteiger partial charge in [-0.1, -0.05) is 36.4 Å². The standard InChI is InChI=1S/C23H23FN2O/c1-14-9-17-16(12-19(14)24)11-18-20(10-15-7-5-4-6-8-15)25-21(27)13-23(2,3)26(25)22(17)18/h4-10,12,18,22H,11,13H2,1-3H3/b20-10+. The van der Waals surface area contributed by atoms with Crippen LogP contribution >= 0.6 is 0 Å². The summed E-state index contributed by atoms with van der Waals surface area (Å²) in [6.45, 7) is 6.07. The normalized spacial score (nSPS) is 27.2. The fraction of sp³-hybridized carbons (Fsp3) is 0.348. The maximum Gasteiger partial charge on any atom is 0.243 e. The Bertz CT molecular complexity index is 979. The van der Waals surface area contributed by atoms with E-state index in [2.05, 4.69) is 37.1 Å². The average Bonchev–Trinajstić information content (AvgIpc) is 3.19. The molecule has 2 fully saturated rings. The quantitative estimate of drug-likeness (QED) is 0.738. The zero-order chi connectivity index (χ0) is 18.9. The number of halogens is 1. The van der Waals surface area contributed by atoms with Crippen molar-refractivity contribution in [3.05, 3.63) is 76.2 Å². The predicted octanol–water partition coefficient (Wildman–Crippen LogP) is 4.63. The Labute approximate surface area is 159 Å². The third kappa shape index (κ3) is 2.32. The van der Waals surface area contributed by atoms with Gasteiger partial charge in [0.2, 0.25) is 5.91 Å². The van der Waals surface area contributed by atoms with Gasteiger partial charge in [0.1, 0.15) is 5.82 Å². The van der Waals surface area contributed by atoms with Gasteiger partial charge < -0.3 is 0 Å². The number of amides is 1. The molecule has 27 heavy (non-hydrogen) atoms. The molecule has 2 saturated heterocycles. The summed E-state index contributed by atoms with van der Waals surface area (Å²) >= 11 is 0. The second-order valence-electron chi connectivity index (χ2n) is 8.57. The molecule has 3 aliphatic rings. The van der Waals surface area contributed by atoms with Crippen molar-refractivity contribution in [2.75, 3.05) is 0 Å². The first-order valence-electron chi connectivity index (χ1n) is 9.54. The Morgan fingerprint density at radius 3 is 2.67 bits per heavy atom. The van der Waals surface area contributed by atoms with Gasteiger partial charge in [0.15, 0.2) is 0 Å². The number of fused-ring (bicyclic) bond motifs is 5. The van der Waals surface area contributed by atoms with Gasteiger partial charge in [0.25, 0.3) is 0 Å². The lowest BCUT2D eigenvalue weighted by Crippen LogP contribution is -2.43. The summed E-state index contributed by atoms with van der Waals surface area (Å²) in [5.74, 6) is 0.179. The zero-order valence-corrected chi connectivity index (χ0v) is 15.9. The number of hydrazine groups is 1. The van der Waals surface area contributed by atoms with Gasteiger partial charge in [0.05, 0.1) is 6.04 Å². The van der Waals surface area contributed by atoms with Gasteiger partial charge >= 0.3 is 0 Å². The van der Waals surface area contributed by atoms with Crippen LogP contribution in [0.2, 0.25) is 0 Å². The first-order chi connectivity index (χ1) is 12.9. The second-order valence-corrected chi connectivity index (χ2v) is 8.57. The van der Waals surface area contributed by atoms with Crippen LogP contribution < -0.4 is 0 Å². The molecule has 0 radical (unpaired) electrons. The van der Waals surface area contributed by atoms with Crippen molar-refractivity contribution in [2.24, 2.45) is 5.92 Å². The first-order valence-corrected chi connectivity index (χ1v) is 9.54. The van der Waals surface area contributed by atoms with Crippen LogP contribution in [0, 0.1) is 18.7 Å². The third-order valence-corrected chi connectivity index (χ3v) is 6.22. The number of nitrogens with zero attached hydrogens (tertiary/aromatic N) is 2. The highest BCUT2D eigenvalue weighted by atomic mass is 19.1. The lowest BCUT2D eigenvalue weighted by molar-refractivity contribution is -0.134. The molecule has 2 aliphatic heterocycles. The molecule has 0 saturated carbocycles. The molecule has 5 rings (SSSR count). The monoisotopic (exact) mass is 362 g/mol. The van der Waals surface area contributed by atoms with Gasteiger partial charge in [-0.3, -0.25) is 4.79 Å². The topological polar surface area (TPSA) is 23.6 Å². The van der Waals surface area contributed by atoms with Gasteiger partial charge in [-0.05, 0) is 61.6 Å². The van der Waals surface area contributed by atoms with E-state index in [4.69, 9.17) is 0 Å². The average molecular weight is 362 g/mol. The maximum atomic E-state index is 14.2. The summed E-state index contributed by atoms with van der Waals surface area (Å²) in [6.07, 6.45) is 3.40. The molecule has 2 aromatic rings. The van der Waals surface area contributed by atoms with Crippen LogP contribution in [0.5, 0.6) is 0 Å². The molecule has 138 valence electrons. The summed E-state index contributed by atoms with van der Waals surface area (Å²) in [5, 5.41) is 4.15. The highest BCUT2D eigenvalue weighted by Crippen LogP contribution is 2.57. The van der Waals surface area contributed by atoms with E-state index in [0.29, 0.717) is 12.0 Å². The van der Waals surface area contributed by atoms with Crippen molar-refractivity contribution >= 4 is 12.0 Å². The molecule has 2 unspecified atom stereocenters. The van der Waals surface area contributed by atoms with Crippen LogP contribution in [-0.2, 0) is 11.2 Å². The van der Waals surface area contributed by atoms with Crippen LogP contribution in [0.3, 0.4) is 0 Å². The Balaban J connectivity index is 1.69. The summed E-state index contributed by atoms with van der Waals surface area (Å²) in [4.78, 5) is 12.9. The minimum Gasteiger partial charge on any atom is -0.273 e. The number of carbonyl (C=O) groups is 1. The molecule has 0 spiro atoms. The minimum absolute atomic E-state index is 0.0933. The van der Waals surface area contributed by atoms with Crippen molar-refractivity contribution in [2.45, 2.75) is 45.2 Å². The van der Waals surface area contributed by atoms with E-state index in [0.717, 1.165) is 23.2 Å². The highest BCUT2D eigenvalue weighted by molar-refractivity contribution is 5.83. The smallest absolute Gasteiger partial charge is 0.243 e. The van der Waals surface area contributed by atoms with Crippen molar-refractivity contribution in [3.8, 4) is 0 Å². The van der Waals surface area contributed by atoms with Crippen molar-refractivity contribution < 1.29 is 9.18 Å². The van der Waals surface area contributed by atoms with Crippen LogP contribution in [0.25, 0.3) is 6.08 Å². The van der Waals surface area contributed by atoms with E-state index in [-0.39, 0.29) is 29.2 Å². The molecule has 1 amide bonds. The SMILES string of the molecule is Cc1cc2c(cc1F)CC1/C(=C\c3ccccc3)N3C(=O)CC(C)(C)N3C21. The van der Waals surface area contributed by atoms with Crippen LogP contribution in [0.15, 0.2) is 48.2 Å². The molecule has 2 atom stereocenters. The van der Waals surface area contributed by atoms with E-state index in [9.17, 15) is 9.18 Å². The summed E-state index contributed by atoms with van der Waals surface area (Å²) in [5.41, 5.74) is 4.78. The van der Waals surface area contributed by atoms with Gasteiger partial charge in [-0.25, -0.2) is 9.40 Å². The fourth-order valence-electron chi connectivity index (χ4n) is 5.06. The minimum atomic E-state index is -0.254. The summed E-state index contributed by atoms with van der Waals surface area (Å²) in [7, 11) is 0. The van der Waals surface area contributed by atoms with E-state index in [1.54, 1.807) is 6.07 Å². The first kappa shape index (κ1) is 16.7. The van der Waals surface area contributed by atoms with E-state index in [1.807, 2.05) is 36.2 Å². The predicted molar refractivity (Wildman–Crippen MR) is 103 cm³/mol. The lowest BCUT2D eigenvalue weighted by Gasteiger charge is -2.35. The Hall–Kier alpha value is -2.46.